The average Bonchev–Trinajstić information content (AvgIpc) is 2.70. The minimum atomic E-state index is 0.499. The van der Waals surface area contributed by atoms with Crippen LogP contribution in [-0.2, 0) is 0 Å². The molecule has 1 fully saturated rings. The van der Waals surface area contributed by atoms with Crippen molar-refractivity contribution in [1.29, 1.82) is 0 Å². The Balaban J connectivity index is 2.12. The first-order chi connectivity index (χ1) is 8.47. The van der Waals surface area contributed by atoms with Gasteiger partial charge >= 0.3 is 0 Å². The van der Waals surface area contributed by atoms with E-state index in [0.29, 0.717) is 27.2 Å². The molecule has 0 saturated carbocycles. The Bertz CT molecular complexity index is 434. The first kappa shape index (κ1) is 14.3. The van der Waals surface area contributed by atoms with Crippen LogP contribution in [0.2, 0.25) is 15.1 Å². The van der Waals surface area contributed by atoms with Gasteiger partial charge in [-0.15, -0.1) is 0 Å². The Morgan fingerprint density at radius 2 is 1.83 bits per heavy atom. The summed E-state index contributed by atoms with van der Waals surface area (Å²) in [6, 6.07) is 4.57. The molecule has 0 amide bonds. The van der Waals surface area contributed by atoms with Gasteiger partial charge in [-0.3, -0.25) is 0 Å². The Hall–Kier alpha value is -0.150. The fraction of sp³-hybridized carbons (Fsp3) is 0.538. The lowest BCUT2D eigenvalue weighted by Crippen LogP contribution is -2.37. The van der Waals surface area contributed by atoms with Crippen molar-refractivity contribution in [1.82, 2.24) is 5.32 Å². The Labute approximate surface area is 123 Å². The van der Waals surface area contributed by atoms with Crippen LogP contribution in [0.4, 0.5) is 5.69 Å². The van der Waals surface area contributed by atoms with Gasteiger partial charge in [-0.25, -0.2) is 0 Å². The Kier molecular flexibility index (Phi) is 4.65. The van der Waals surface area contributed by atoms with Crippen LogP contribution in [0, 0.1) is 0 Å². The van der Waals surface area contributed by atoms with Crippen molar-refractivity contribution in [2.24, 2.45) is 0 Å². The third-order valence-corrected chi connectivity index (χ3v) is 4.11. The summed E-state index contributed by atoms with van der Waals surface area (Å²) in [6.07, 6.45) is 1.12. The highest BCUT2D eigenvalue weighted by molar-refractivity contribution is 6.44. The van der Waals surface area contributed by atoms with Crippen molar-refractivity contribution in [2.75, 3.05) is 18.0 Å². The fourth-order valence-electron chi connectivity index (χ4n) is 2.34. The summed E-state index contributed by atoms with van der Waals surface area (Å²) < 4.78 is 0. The molecule has 0 bridgehead atoms. The topological polar surface area (TPSA) is 15.3 Å². The van der Waals surface area contributed by atoms with Gasteiger partial charge in [-0.05, 0) is 18.6 Å². The number of hydrogen-bond acceptors (Lipinski definition) is 2. The van der Waals surface area contributed by atoms with E-state index in [2.05, 4.69) is 24.1 Å². The first-order valence-electron chi connectivity index (χ1n) is 6.13. The van der Waals surface area contributed by atoms with Gasteiger partial charge in [0.1, 0.15) is 0 Å². The minimum absolute atomic E-state index is 0.499. The summed E-state index contributed by atoms with van der Waals surface area (Å²) in [5.74, 6) is 0. The molecule has 1 unspecified atom stereocenters. The summed E-state index contributed by atoms with van der Waals surface area (Å²) in [5.41, 5.74) is 0.971. The number of nitrogens with zero attached hydrogens (tertiary/aromatic N) is 1. The van der Waals surface area contributed by atoms with Gasteiger partial charge in [0.15, 0.2) is 0 Å². The van der Waals surface area contributed by atoms with Gasteiger partial charge in [-0.2, -0.15) is 0 Å². The molecule has 1 saturated heterocycles. The molecule has 1 heterocycles. The van der Waals surface area contributed by atoms with Crippen LogP contribution < -0.4 is 10.2 Å². The molecule has 1 aliphatic rings. The molecule has 1 atom stereocenters. The second-order valence-corrected chi connectivity index (χ2v) is 6.19. The van der Waals surface area contributed by atoms with E-state index in [1.807, 2.05) is 6.07 Å². The monoisotopic (exact) mass is 306 g/mol. The van der Waals surface area contributed by atoms with E-state index in [9.17, 15) is 0 Å². The van der Waals surface area contributed by atoms with E-state index < -0.39 is 0 Å². The van der Waals surface area contributed by atoms with Crippen LogP contribution in [0.15, 0.2) is 12.1 Å². The maximum absolute atomic E-state index is 6.23. The third-order valence-electron chi connectivity index (χ3n) is 3.09. The van der Waals surface area contributed by atoms with Gasteiger partial charge in [0.05, 0.1) is 20.8 Å². The summed E-state index contributed by atoms with van der Waals surface area (Å²) in [6.45, 7) is 6.27. The fourth-order valence-corrected chi connectivity index (χ4v) is 3.00. The molecule has 2 nitrogen and oxygen atoms in total. The number of halogens is 3. The molecule has 5 heteroatoms. The molecule has 18 heavy (non-hydrogen) atoms. The highest BCUT2D eigenvalue weighted by atomic mass is 35.5. The number of nitrogens with one attached hydrogen (secondary N) is 1. The van der Waals surface area contributed by atoms with Gasteiger partial charge in [0, 0.05) is 25.2 Å². The predicted octanol–water partition coefficient (Wildman–Crippen LogP) is 4.22. The molecule has 1 aromatic carbocycles. The van der Waals surface area contributed by atoms with E-state index in [4.69, 9.17) is 34.8 Å². The van der Waals surface area contributed by atoms with Gasteiger partial charge in [0.25, 0.3) is 0 Å². The van der Waals surface area contributed by atoms with Crippen molar-refractivity contribution in [3.8, 4) is 0 Å². The number of rotatable bonds is 3. The number of hydrogen-bond donors (Lipinski definition) is 1. The number of anilines is 1. The largest absolute Gasteiger partial charge is 0.369 e. The Morgan fingerprint density at radius 1 is 1.17 bits per heavy atom. The second kappa shape index (κ2) is 5.87. The van der Waals surface area contributed by atoms with Crippen molar-refractivity contribution < 1.29 is 0 Å². The van der Waals surface area contributed by atoms with Gasteiger partial charge < -0.3 is 10.2 Å². The molecule has 1 N–H and O–H groups in total. The van der Waals surface area contributed by atoms with Gasteiger partial charge in [0.2, 0.25) is 0 Å². The molecule has 0 aliphatic carbocycles. The van der Waals surface area contributed by atoms with E-state index >= 15 is 0 Å². The molecular weight excluding hydrogens is 291 g/mol. The van der Waals surface area contributed by atoms with Crippen LogP contribution >= 0.6 is 34.8 Å². The zero-order valence-corrected chi connectivity index (χ0v) is 12.8. The van der Waals surface area contributed by atoms with E-state index in [1.54, 1.807) is 6.07 Å². The van der Waals surface area contributed by atoms with E-state index in [1.165, 1.54) is 0 Å². The standard InChI is InChI=1S/C13H17Cl3N2/c1-8(2)17-9-3-4-18(7-9)13-6-11(15)10(14)5-12(13)16/h5-6,8-9,17H,3-4,7H2,1-2H3. The van der Waals surface area contributed by atoms with Crippen LogP contribution in [0.5, 0.6) is 0 Å². The molecule has 1 aromatic rings. The lowest BCUT2D eigenvalue weighted by Gasteiger charge is -2.21. The molecule has 0 radical (unpaired) electrons. The molecule has 100 valence electrons. The van der Waals surface area contributed by atoms with Crippen molar-refractivity contribution in [3.05, 3.63) is 27.2 Å². The quantitative estimate of drug-likeness (QED) is 0.841. The minimum Gasteiger partial charge on any atom is -0.369 e. The summed E-state index contributed by atoms with van der Waals surface area (Å²) in [7, 11) is 0. The lowest BCUT2D eigenvalue weighted by molar-refractivity contribution is 0.492. The maximum atomic E-state index is 6.23. The van der Waals surface area contributed by atoms with Crippen molar-refractivity contribution in [2.45, 2.75) is 32.4 Å². The molecule has 0 spiro atoms. The molecule has 2 rings (SSSR count). The average molecular weight is 308 g/mol. The predicted molar refractivity (Wildman–Crippen MR) is 80.4 cm³/mol. The second-order valence-electron chi connectivity index (χ2n) is 4.97. The van der Waals surface area contributed by atoms with Crippen molar-refractivity contribution in [3.63, 3.8) is 0 Å². The van der Waals surface area contributed by atoms with E-state index in [-0.39, 0.29) is 0 Å². The normalized spacial score (nSPS) is 19.9. The lowest BCUT2D eigenvalue weighted by atomic mass is 10.2. The molecular formula is C13H17Cl3N2. The maximum Gasteiger partial charge on any atom is 0.0655 e. The first-order valence-corrected chi connectivity index (χ1v) is 7.26. The molecule has 1 aliphatic heterocycles. The zero-order chi connectivity index (χ0) is 13.3. The summed E-state index contributed by atoms with van der Waals surface area (Å²) in [5, 5.41) is 5.26. The van der Waals surface area contributed by atoms with Crippen LogP contribution in [0.1, 0.15) is 20.3 Å². The van der Waals surface area contributed by atoms with Crippen LogP contribution in [-0.4, -0.2) is 25.2 Å². The molecule has 0 aromatic heterocycles. The zero-order valence-electron chi connectivity index (χ0n) is 10.5. The van der Waals surface area contributed by atoms with E-state index in [0.717, 1.165) is 25.2 Å². The van der Waals surface area contributed by atoms with Crippen LogP contribution in [0.25, 0.3) is 0 Å². The van der Waals surface area contributed by atoms with Crippen LogP contribution in [0.3, 0.4) is 0 Å². The Morgan fingerprint density at radius 3 is 2.50 bits per heavy atom. The number of benzene rings is 1. The van der Waals surface area contributed by atoms with Crippen molar-refractivity contribution >= 4 is 40.5 Å². The highest BCUT2D eigenvalue weighted by Gasteiger charge is 2.24. The van der Waals surface area contributed by atoms with Gasteiger partial charge in [-0.1, -0.05) is 48.7 Å². The summed E-state index contributed by atoms with van der Waals surface area (Å²) in [4.78, 5) is 2.25. The summed E-state index contributed by atoms with van der Waals surface area (Å²) >= 11 is 18.2. The highest BCUT2D eigenvalue weighted by Crippen LogP contribution is 2.35. The SMILES string of the molecule is CC(C)NC1CCN(c2cc(Cl)c(Cl)cc2Cl)C1. The third kappa shape index (κ3) is 3.24. The smallest absolute Gasteiger partial charge is 0.0655 e.